The third kappa shape index (κ3) is 4.36. The third-order valence-electron chi connectivity index (χ3n) is 4.56. The number of rotatable bonds is 6. The van der Waals surface area contributed by atoms with Crippen LogP contribution in [0.5, 0.6) is 5.75 Å². The molecule has 0 atom stereocenters. The Kier molecular flexibility index (Phi) is 5.73. The molecule has 0 aliphatic carbocycles. The van der Waals surface area contributed by atoms with E-state index in [1.54, 1.807) is 11.8 Å². The maximum Gasteiger partial charge on any atom is 0.251 e. The van der Waals surface area contributed by atoms with Crippen molar-refractivity contribution in [3.05, 3.63) is 64.2 Å². The second-order valence-corrected chi connectivity index (χ2v) is 6.82. The molecule has 0 bridgehead atoms. The van der Waals surface area contributed by atoms with Crippen molar-refractivity contribution in [1.82, 2.24) is 25.1 Å². The predicted molar refractivity (Wildman–Crippen MR) is 107 cm³/mol. The van der Waals surface area contributed by atoms with Crippen LogP contribution in [0.2, 0.25) is 0 Å². The summed E-state index contributed by atoms with van der Waals surface area (Å²) in [6, 6.07) is 9.56. The minimum Gasteiger partial charge on any atom is -0.497 e. The molecule has 0 aliphatic heterocycles. The summed E-state index contributed by atoms with van der Waals surface area (Å²) in [6.07, 6.45) is 0.256. The molecule has 3 aromatic rings. The molecule has 0 fully saturated rings. The van der Waals surface area contributed by atoms with Crippen LogP contribution in [0.25, 0.3) is 5.95 Å². The standard InChI is InChI=1S/C21H25N5O2/c1-13-9-14(2)24-21(23-13)26-16(4)19(15(3)25-26)11-20(27)22-12-17-7-6-8-18(10-17)28-5/h6-10H,11-12H2,1-5H3,(H,22,27). The molecule has 1 aromatic carbocycles. The van der Waals surface area contributed by atoms with Crippen LogP contribution in [0.15, 0.2) is 30.3 Å². The summed E-state index contributed by atoms with van der Waals surface area (Å²) in [5.74, 6) is 1.24. The smallest absolute Gasteiger partial charge is 0.251 e. The maximum absolute atomic E-state index is 12.5. The summed E-state index contributed by atoms with van der Waals surface area (Å²) >= 11 is 0. The van der Waals surface area contributed by atoms with Gasteiger partial charge in [-0.15, -0.1) is 0 Å². The van der Waals surface area contributed by atoms with Gasteiger partial charge in [0.1, 0.15) is 5.75 Å². The minimum atomic E-state index is -0.0603. The Balaban J connectivity index is 1.73. The third-order valence-corrected chi connectivity index (χ3v) is 4.56. The van der Waals surface area contributed by atoms with Gasteiger partial charge in [-0.25, -0.2) is 14.6 Å². The maximum atomic E-state index is 12.5. The van der Waals surface area contributed by atoms with Gasteiger partial charge in [-0.05, 0) is 51.5 Å². The number of nitrogens with one attached hydrogen (secondary N) is 1. The van der Waals surface area contributed by atoms with E-state index in [0.717, 1.165) is 39.7 Å². The number of benzene rings is 1. The van der Waals surface area contributed by atoms with Gasteiger partial charge in [0.15, 0.2) is 0 Å². The number of carbonyl (C=O) groups is 1. The quantitative estimate of drug-likeness (QED) is 0.712. The molecule has 28 heavy (non-hydrogen) atoms. The van der Waals surface area contributed by atoms with Gasteiger partial charge in [0.2, 0.25) is 5.91 Å². The number of aromatic nitrogens is 4. The first-order chi connectivity index (χ1) is 13.4. The molecule has 0 saturated carbocycles. The lowest BCUT2D eigenvalue weighted by Crippen LogP contribution is -2.25. The molecule has 0 unspecified atom stereocenters. The second-order valence-electron chi connectivity index (χ2n) is 6.82. The molecular weight excluding hydrogens is 354 g/mol. The number of aryl methyl sites for hydroxylation is 3. The zero-order valence-electron chi connectivity index (χ0n) is 16.9. The molecule has 2 heterocycles. The number of carbonyl (C=O) groups excluding carboxylic acids is 1. The summed E-state index contributed by atoms with van der Waals surface area (Å²) in [7, 11) is 1.63. The van der Waals surface area contributed by atoms with E-state index in [-0.39, 0.29) is 12.3 Å². The number of ether oxygens (including phenoxy) is 1. The molecule has 7 nitrogen and oxygen atoms in total. The fraction of sp³-hybridized carbons (Fsp3) is 0.333. The molecular formula is C21H25N5O2. The molecule has 0 spiro atoms. The zero-order chi connectivity index (χ0) is 20.3. The molecule has 1 amide bonds. The Hall–Kier alpha value is -3.22. The van der Waals surface area contributed by atoms with Gasteiger partial charge in [-0.1, -0.05) is 12.1 Å². The van der Waals surface area contributed by atoms with Gasteiger partial charge >= 0.3 is 0 Å². The second kappa shape index (κ2) is 8.21. The molecule has 3 rings (SSSR count). The van der Waals surface area contributed by atoms with E-state index >= 15 is 0 Å². The number of nitrogens with zero attached hydrogens (tertiary/aromatic N) is 4. The summed E-state index contributed by atoms with van der Waals surface area (Å²) in [4.78, 5) is 21.4. The molecule has 7 heteroatoms. The molecule has 0 aliphatic rings. The van der Waals surface area contributed by atoms with Gasteiger partial charge in [-0.3, -0.25) is 4.79 Å². The lowest BCUT2D eigenvalue weighted by atomic mass is 10.1. The summed E-state index contributed by atoms with van der Waals surface area (Å²) in [5, 5.41) is 7.51. The van der Waals surface area contributed by atoms with Crippen molar-refractivity contribution < 1.29 is 9.53 Å². The van der Waals surface area contributed by atoms with Crippen LogP contribution in [-0.2, 0) is 17.8 Å². The molecule has 0 saturated heterocycles. The van der Waals surface area contributed by atoms with Crippen LogP contribution in [-0.4, -0.2) is 32.8 Å². The Labute approximate surface area is 164 Å². The van der Waals surface area contributed by atoms with Crippen molar-refractivity contribution in [3.63, 3.8) is 0 Å². The van der Waals surface area contributed by atoms with Crippen LogP contribution < -0.4 is 10.1 Å². The number of hydrogen-bond acceptors (Lipinski definition) is 5. The molecule has 0 radical (unpaired) electrons. The summed E-state index contributed by atoms with van der Waals surface area (Å²) < 4.78 is 6.92. The highest BCUT2D eigenvalue weighted by molar-refractivity contribution is 5.79. The fourth-order valence-corrected chi connectivity index (χ4v) is 3.13. The highest BCUT2D eigenvalue weighted by atomic mass is 16.5. The van der Waals surface area contributed by atoms with Crippen molar-refractivity contribution in [2.24, 2.45) is 0 Å². The normalized spacial score (nSPS) is 10.8. The molecule has 2 aromatic heterocycles. The van der Waals surface area contributed by atoms with Crippen molar-refractivity contribution in [2.75, 3.05) is 7.11 Å². The van der Waals surface area contributed by atoms with Gasteiger partial charge in [0.05, 0.1) is 19.2 Å². The lowest BCUT2D eigenvalue weighted by molar-refractivity contribution is -0.120. The van der Waals surface area contributed by atoms with Gasteiger partial charge in [0, 0.05) is 29.2 Å². The zero-order valence-corrected chi connectivity index (χ0v) is 16.9. The van der Waals surface area contributed by atoms with Gasteiger partial charge in [0.25, 0.3) is 5.95 Å². The summed E-state index contributed by atoms with van der Waals surface area (Å²) in [5.41, 5.74) is 5.32. The van der Waals surface area contributed by atoms with Crippen molar-refractivity contribution in [1.29, 1.82) is 0 Å². The van der Waals surface area contributed by atoms with Crippen LogP contribution >= 0.6 is 0 Å². The first-order valence-electron chi connectivity index (χ1n) is 9.14. The van der Waals surface area contributed by atoms with Crippen LogP contribution in [0.4, 0.5) is 0 Å². The number of hydrogen-bond donors (Lipinski definition) is 1. The molecule has 1 N–H and O–H groups in total. The van der Waals surface area contributed by atoms with Crippen LogP contribution in [0.3, 0.4) is 0 Å². The SMILES string of the molecule is COc1cccc(CNC(=O)Cc2c(C)nn(-c3nc(C)cc(C)n3)c2C)c1. The van der Waals surface area contributed by atoms with Crippen molar-refractivity contribution in [3.8, 4) is 11.7 Å². The monoisotopic (exact) mass is 379 g/mol. The number of methoxy groups -OCH3 is 1. The number of amides is 1. The highest BCUT2D eigenvalue weighted by Crippen LogP contribution is 2.17. The van der Waals surface area contributed by atoms with E-state index < -0.39 is 0 Å². The Morgan fingerprint density at radius 2 is 1.82 bits per heavy atom. The van der Waals surface area contributed by atoms with Crippen LogP contribution in [0.1, 0.15) is 33.9 Å². The topological polar surface area (TPSA) is 81.9 Å². The van der Waals surface area contributed by atoms with Crippen molar-refractivity contribution in [2.45, 2.75) is 40.7 Å². The van der Waals surface area contributed by atoms with E-state index in [4.69, 9.17) is 4.74 Å². The van der Waals surface area contributed by atoms with E-state index in [1.165, 1.54) is 0 Å². The Bertz CT molecular complexity index is 990. The van der Waals surface area contributed by atoms with E-state index in [1.807, 2.05) is 58.0 Å². The van der Waals surface area contributed by atoms with Crippen molar-refractivity contribution >= 4 is 5.91 Å². The fourth-order valence-electron chi connectivity index (χ4n) is 3.13. The summed E-state index contributed by atoms with van der Waals surface area (Å²) in [6.45, 7) is 8.14. The van der Waals surface area contributed by atoms with Gasteiger partial charge in [-0.2, -0.15) is 5.10 Å². The van der Waals surface area contributed by atoms with E-state index in [0.29, 0.717) is 12.5 Å². The molecule has 146 valence electrons. The van der Waals surface area contributed by atoms with Crippen LogP contribution in [0, 0.1) is 27.7 Å². The van der Waals surface area contributed by atoms with E-state index in [9.17, 15) is 4.79 Å². The Morgan fingerprint density at radius 1 is 1.11 bits per heavy atom. The predicted octanol–water partition coefficient (Wildman–Crippen LogP) is 2.76. The highest BCUT2D eigenvalue weighted by Gasteiger charge is 2.17. The lowest BCUT2D eigenvalue weighted by Gasteiger charge is -2.08. The average molecular weight is 379 g/mol. The minimum absolute atomic E-state index is 0.0603. The van der Waals surface area contributed by atoms with E-state index in [2.05, 4.69) is 20.4 Å². The first-order valence-corrected chi connectivity index (χ1v) is 9.14. The Morgan fingerprint density at radius 3 is 2.50 bits per heavy atom. The first kappa shape index (κ1) is 19.5. The largest absolute Gasteiger partial charge is 0.497 e. The average Bonchev–Trinajstić information content (AvgIpc) is 2.94. The van der Waals surface area contributed by atoms with Gasteiger partial charge < -0.3 is 10.1 Å².